The molecule has 0 spiro atoms. The van der Waals surface area contributed by atoms with Crippen molar-refractivity contribution in [3.05, 3.63) is 35.9 Å². The maximum atomic E-state index is 12.6. The number of carbonyl (C=O) groups excluding carboxylic acids is 1. The largest absolute Gasteiger partial charge is 0.445 e. The summed E-state index contributed by atoms with van der Waals surface area (Å²) in [5.41, 5.74) is -0.339. The molecule has 1 aromatic carbocycles. The molecular weight excluding hydrogens is 363 g/mol. The summed E-state index contributed by atoms with van der Waals surface area (Å²) in [5.74, 6) is 0. The molecule has 2 unspecified atom stereocenters. The summed E-state index contributed by atoms with van der Waals surface area (Å²) in [5, 5.41) is 10.8. The Morgan fingerprint density at radius 2 is 1.85 bits per heavy atom. The molecule has 2 heterocycles. The summed E-state index contributed by atoms with van der Waals surface area (Å²) in [6, 6.07) is 8.51. The summed E-state index contributed by atoms with van der Waals surface area (Å²) in [7, 11) is 0. The molecule has 3 rings (SSSR count). The van der Waals surface area contributed by atoms with Crippen molar-refractivity contribution >= 4 is 6.09 Å². The van der Waals surface area contributed by atoms with Gasteiger partial charge < -0.3 is 14.6 Å². The smallest absolute Gasteiger partial charge is 0.410 e. The van der Waals surface area contributed by atoms with Gasteiger partial charge in [0.15, 0.2) is 0 Å². The molecule has 1 N–H and O–H groups in total. The average Bonchev–Trinajstić information content (AvgIpc) is 2.58. The van der Waals surface area contributed by atoms with Crippen LogP contribution in [0.15, 0.2) is 30.3 Å². The van der Waals surface area contributed by atoms with E-state index in [1.165, 1.54) is 0 Å². The highest BCUT2D eigenvalue weighted by molar-refractivity contribution is 5.69. The molecule has 5 nitrogen and oxygen atoms in total. The van der Waals surface area contributed by atoms with Crippen molar-refractivity contribution < 1.29 is 32.5 Å². The van der Waals surface area contributed by atoms with Crippen LogP contribution in [0.4, 0.5) is 18.0 Å². The van der Waals surface area contributed by atoms with Gasteiger partial charge >= 0.3 is 12.3 Å². The number of hydrogen-bond donors (Lipinski definition) is 1. The van der Waals surface area contributed by atoms with E-state index in [1.807, 2.05) is 30.3 Å². The van der Waals surface area contributed by atoms with Gasteiger partial charge in [0.25, 0.3) is 0 Å². The number of benzene rings is 1. The van der Waals surface area contributed by atoms with E-state index in [4.69, 9.17) is 9.47 Å². The van der Waals surface area contributed by atoms with Crippen molar-refractivity contribution in [3.63, 3.8) is 0 Å². The highest BCUT2D eigenvalue weighted by Crippen LogP contribution is 2.38. The zero-order chi connectivity index (χ0) is 19.5. The highest BCUT2D eigenvalue weighted by atomic mass is 19.4. The van der Waals surface area contributed by atoms with E-state index in [0.717, 1.165) is 5.56 Å². The van der Waals surface area contributed by atoms with Gasteiger partial charge in [-0.15, -0.1) is 0 Å². The number of fused-ring (bicyclic) bond motifs is 2. The lowest BCUT2D eigenvalue weighted by Crippen LogP contribution is -2.63. The molecule has 1 amide bonds. The van der Waals surface area contributed by atoms with E-state index in [-0.39, 0.29) is 45.5 Å². The Kier molecular flexibility index (Phi) is 5.95. The van der Waals surface area contributed by atoms with Gasteiger partial charge in [-0.2, -0.15) is 13.2 Å². The van der Waals surface area contributed by atoms with Crippen LogP contribution in [-0.2, 0) is 16.1 Å². The van der Waals surface area contributed by atoms with Crippen LogP contribution in [0, 0.1) is 0 Å². The third kappa shape index (κ3) is 5.35. The predicted molar refractivity (Wildman–Crippen MR) is 91.0 cm³/mol. The molecule has 0 saturated carbocycles. The van der Waals surface area contributed by atoms with Gasteiger partial charge in [0, 0.05) is 6.42 Å². The summed E-state index contributed by atoms with van der Waals surface area (Å²) >= 11 is 0. The molecule has 0 aromatic heterocycles. The van der Waals surface area contributed by atoms with Gasteiger partial charge in [-0.3, -0.25) is 4.90 Å². The van der Waals surface area contributed by atoms with Crippen LogP contribution in [0.1, 0.15) is 37.7 Å². The van der Waals surface area contributed by atoms with Gasteiger partial charge in [0.2, 0.25) is 0 Å². The Bertz CT molecular complexity index is 624. The van der Waals surface area contributed by atoms with Crippen molar-refractivity contribution in [1.29, 1.82) is 0 Å². The van der Waals surface area contributed by atoms with Crippen LogP contribution in [0.2, 0.25) is 0 Å². The van der Waals surface area contributed by atoms with Gasteiger partial charge in [-0.25, -0.2) is 4.79 Å². The molecule has 2 aliphatic rings. The third-order valence-electron chi connectivity index (χ3n) is 5.16. The number of halogens is 3. The first-order valence-electron chi connectivity index (χ1n) is 9.12. The monoisotopic (exact) mass is 387 g/mol. The maximum absolute atomic E-state index is 12.6. The Morgan fingerprint density at radius 1 is 1.22 bits per heavy atom. The van der Waals surface area contributed by atoms with Crippen LogP contribution in [0.3, 0.4) is 0 Å². The SMILES string of the molecule is O=C(OCc1ccccc1)N1C2COCC1CC(O)(CCCC(F)(F)F)C2. The van der Waals surface area contributed by atoms with Crippen molar-refractivity contribution in [2.45, 2.75) is 62.6 Å². The van der Waals surface area contributed by atoms with Gasteiger partial charge in [0.1, 0.15) is 6.61 Å². The number of aliphatic hydroxyl groups is 1. The average molecular weight is 387 g/mol. The van der Waals surface area contributed by atoms with Gasteiger partial charge in [0.05, 0.1) is 30.9 Å². The topological polar surface area (TPSA) is 59.0 Å². The second kappa shape index (κ2) is 8.06. The zero-order valence-corrected chi connectivity index (χ0v) is 15.0. The number of piperidine rings is 1. The van der Waals surface area contributed by atoms with Crippen LogP contribution < -0.4 is 0 Å². The van der Waals surface area contributed by atoms with Crippen LogP contribution in [0.25, 0.3) is 0 Å². The number of carbonyl (C=O) groups is 1. The fourth-order valence-corrected chi connectivity index (χ4v) is 3.99. The molecule has 8 heteroatoms. The molecule has 27 heavy (non-hydrogen) atoms. The first kappa shape index (κ1) is 19.9. The Balaban J connectivity index is 1.58. The highest BCUT2D eigenvalue weighted by Gasteiger charge is 2.48. The molecule has 2 aliphatic heterocycles. The molecule has 150 valence electrons. The summed E-state index contributed by atoms with van der Waals surface area (Å²) < 4.78 is 48.1. The van der Waals surface area contributed by atoms with E-state index in [2.05, 4.69) is 0 Å². The van der Waals surface area contributed by atoms with Crippen LogP contribution >= 0.6 is 0 Å². The first-order valence-corrected chi connectivity index (χ1v) is 9.12. The summed E-state index contributed by atoms with van der Waals surface area (Å²) in [6.45, 7) is 0.642. The molecule has 2 saturated heterocycles. The lowest BCUT2D eigenvalue weighted by atomic mass is 9.78. The standard InChI is InChI=1S/C19H24F3NO4/c20-19(21,22)8-4-7-18(25)9-15-12-26-13-16(10-18)23(15)17(24)27-11-14-5-2-1-3-6-14/h1-3,5-6,15-16,25H,4,7-13H2. The van der Waals surface area contributed by atoms with E-state index in [0.29, 0.717) is 0 Å². The van der Waals surface area contributed by atoms with E-state index in [9.17, 15) is 23.1 Å². The number of morpholine rings is 1. The first-order chi connectivity index (χ1) is 12.8. The number of hydrogen-bond acceptors (Lipinski definition) is 4. The Labute approximate surface area is 156 Å². The van der Waals surface area contributed by atoms with E-state index in [1.54, 1.807) is 4.90 Å². The summed E-state index contributed by atoms with van der Waals surface area (Å²) in [4.78, 5) is 14.1. The number of ether oxygens (including phenoxy) is 2. The maximum Gasteiger partial charge on any atom is 0.410 e. The van der Waals surface area contributed by atoms with Crippen LogP contribution in [-0.4, -0.2) is 53.2 Å². The van der Waals surface area contributed by atoms with Gasteiger partial charge in [-0.1, -0.05) is 30.3 Å². The second-order valence-electron chi connectivity index (χ2n) is 7.39. The van der Waals surface area contributed by atoms with E-state index >= 15 is 0 Å². The zero-order valence-electron chi connectivity index (χ0n) is 15.0. The van der Waals surface area contributed by atoms with Gasteiger partial charge in [-0.05, 0) is 31.2 Å². The van der Waals surface area contributed by atoms with Crippen LogP contribution in [0.5, 0.6) is 0 Å². The van der Waals surface area contributed by atoms with Crippen molar-refractivity contribution in [2.75, 3.05) is 13.2 Å². The number of nitrogens with zero attached hydrogens (tertiary/aromatic N) is 1. The number of rotatable bonds is 5. The quantitative estimate of drug-likeness (QED) is 0.838. The molecule has 1 aromatic rings. The minimum absolute atomic E-state index is 0.0619. The van der Waals surface area contributed by atoms with E-state index < -0.39 is 36.4 Å². The Morgan fingerprint density at radius 3 is 2.44 bits per heavy atom. The molecule has 2 fully saturated rings. The van der Waals surface area contributed by atoms with Crippen molar-refractivity contribution in [1.82, 2.24) is 4.90 Å². The molecule has 0 aliphatic carbocycles. The second-order valence-corrected chi connectivity index (χ2v) is 7.39. The number of alkyl halides is 3. The normalized spacial score (nSPS) is 28.1. The van der Waals surface area contributed by atoms with Crippen molar-refractivity contribution in [2.24, 2.45) is 0 Å². The minimum Gasteiger partial charge on any atom is -0.445 e. The lowest BCUT2D eigenvalue weighted by molar-refractivity contribution is -0.150. The number of amides is 1. The minimum atomic E-state index is -4.22. The predicted octanol–water partition coefficient (Wildman–Crippen LogP) is 3.65. The lowest BCUT2D eigenvalue weighted by Gasteiger charge is -2.51. The fraction of sp³-hybridized carbons (Fsp3) is 0.632. The molecule has 2 bridgehead atoms. The molecule has 2 atom stereocenters. The summed E-state index contributed by atoms with van der Waals surface area (Å²) in [6.07, 6.45) is -5.29. The van der Waals surface area contributed by atoms with Crippen molar-refractivity contribution in [3.8, 4) is 0 Å². The fourth-order valence-electron chi connectivity index (χ4n) is 3.99. The molecular formula is C19H24F3NO4. The molecule has 0 radical (unpaired) electrons. The Hall–Kier alpha value is -1.80. The third-order valence-corrected chi connectivity index (χ3v) is 5.16.